The molecule has 32 fully saturated rings. The van der Waals surface area contributed by atoms with Gasteiger partial charge in [-0.15, -0.1) is 0 Å². The quantitative estimate of drug-likeness (QED) is 0.0783. The fraction of sp³-hybridized carbons (Fsp3) is 0.991. The van der Waals surface area contributed by atoms with E-state index < -0.39 is 17.8 Å². The Balaban J connectivity index is 0.0000000751. The van der Waals surface area contributed by atoms with Crippen LogP contribution in [0.1, 0.15) is 356 Å². The van der Waals surface area contributed by atoms with E-state index in [1.54, 1.807) is 45.4 Å². The Hall–Kier alpha value is -0.410. The highest BCUT2D eigenvalue weighted by molar-refractivity contribution is 9.09. The molecule has 24 bridgehead atoms. The largest absolute Gasteiger partial charge is 0.396 e. The number of fused-ring (bicyclic) bond motifs is 16. The van der Waals surface area contributed by atoms with Gasteiger partial charge < -0.3 is 52.9 Å². The first-order valence-electron chi connectivity index (χ1n) is 52.2. The van der Waals surface area contributed by atoms with Crippen LogP contribution in [0.3, 0.4) is 0 Å². The number of carbonyl (C=O) groups excluding carboxylic acids is 1. The van der Waals surface area contributed by atoms with E-state index >= 15 is 0 Å². The van der Waals surface area contributed by atoms with Crippen molar-refractivity contribution in [3.05, 3.63) is 0 Å². The van der Waals surface area contributed by atoms with Gasteiger partial charge in [-0.3, -0.25) is 4.79 Å². The highest BCUT2D eigenvalue weighted by Gasteiger charge is 2.80. The fourth-order valence-corrected chi connectivity index (χ4v) is 48.8. The summed E-state index contributed by atoms with van der Waals surface area (Å²) in [6, 6.07) is 0.507. The van der Waals surface area contributed by atoms with Crippen LogP contribution >= 0.6 is 15.9 Å². The topological polar surface area (TPSA) is 237 Å². The molecule has 13 N–H and O–H groups in total. The summed E-state index contributed by atoms with van der Waals surface area (Å²) in [7, 11) is 0. The molecule has 32 saturated carbocycles. The Bertz CT molecular complexity index is 3880. The summed E-state index contributed by atoms with van der Waals surface area (Å²) >= 11 is 3.76. The normalized spacial score (nSPS) is 62.0. The zero-order valence-corrected chi connectivity index (χ0v) is 76.0. The van der Waals surface area contributed by atoms with Crippen LogP contribution in [-0.2, 0) is 4.79 Å². The highest BCUT2D eigenvalue weighted by Crippen LogP contribution is 2.88. The van der Waals surface area contributed by atoms with Crippen LogP contribution in [0.25, 0.3) is 0 Å². The number of amides is 1. The molecule has 1 amide bonds. The van der Waals surface area contributed by atoms with Gasteiger partial charge in [0.2, 0.25) is 5.91 Å². The lowest BCUT2D eigenvalue weighted by Gasteiger charge is -2.50. The number of carbonyl (C=O) groups is 1. The molecule has 0 radical (unpaired) electrons. The van der Waals surface area contributed by atoms with Crippen molar-refractivity contribution in [1.29, 1.82) is 0 Å². The lowest BCUT2D eigenvalue weighted by molar-refractivity contribution is -0.129. The summed E-state index contributed by atoms with van der Waals surface area (Å²) in [5.41, 5.74) is 26.2. The van der Waals surface area contributed by atoms with Gasteiger partial charge in [-0.05, 0) is 572 Å². The molecular formula is C106H164BrN3O8. The van der Waals surface area contributed by atoms with Crippen LogP contribution in [-0.4, -0.2) is 102 Å². The number of hydrogen-bond donors (Lipinski definition) is 10. The minimum Gasteiger partial charge on any atom is -0.396 e. The maximum Gasteiger partial charge on any atom is 0.223 e. The molecule has 0 aromatic carbocycles. The van der Waals surface area contributed by atoms with Gasteiger partial charge in [0.15, 0.2) is 0 Å². The van der Waals surface area contributed by atoms with Crippen LogP contribution in [0, 0.1) is 229 Å². The van der Waals surface area contributed by atoms with Crippen molar-refractivity contribution < 1.29 is 40.5 Å². The number of aliphatic hydroxyl groups is 7. The first-order chi connectivity index (χ1) is 56.1. The standard InChI is InChI=1S/C14H22O2.2C14H22O.C13H19BrO.C13H21NO.C13H21N.C13H20O.C12H17NO/c1-8(15)12(16)13-4-9-2-10-3-11(6-13)14(10,5-9)7-13;1-12(2,15)13-5-9-3-10-4-11(7-13)14(10,6-9)8-13;1-2-12(15)13-5-9-3-10-4-11(7-13)14(10,6-9)8-13;2*14-11(6-15)12-3-8-1-9-2-10(5-12)13(9,4-8)7-12;1-8(14)12-4-9-2-10-3-11(6-12)13(10,5-9)7-12;14-2-1-12-5-9-3-10-4-11(7-12)13(10,6-9)8-12;13-10(14)11-3-7-1-8-2-9(5-11)12(8,4-7)6-11/h8-12,15-16H,2-7H2,1H3;9-11,15H,3-8H2,1-2H3;9-12,15H,2-8H2,1H3;8-11,15H,1-7H2;8-11,15H,1-7,14H2;8-11H,2-7,14H2,1H3;9-11,14H,1-8H2;7-9H,1-6H2,(H2,13,14). The summed E-state index contributed by atoms with van der Waals surface area (Å²) in [5, 5.41) is 69.0. The third-order valence-corrected chi connectivity index (χ3v) is 52.7. The minimum atomic E-state index is -0.551. The molecule has 0 saturated heterocycles. The molecule has 46 unspecified atom stereocenters. The van der Waals surface area contributed by atoms with Crippen molar-refractivity contribution in [3.8, 4) is 0 Å². The molecule has 32 rings (SSSR count). The van der Waals surface area contributed by atoms with Crippen molar-refractivity contribution in [2.24, 2.45) is 246 Å². The van der Waals surface area contributed by atoms with Gasteiger partial charge >= 0.3 is 0 Å². The predicted molar refractivity (Wildman–Crippen MR) is 464 cm³/mol. The number of aliphatic hydroxyl groups excluding tert-OH is 6. The number of alkyl halides is 1. The van der Waals surface area contributed by atoms with Gasteiger partial charge in [-0.2, -0.15) is 0 Å². The smallest absolute Gasteiger partial charge is 0.223 e. The predicted octanol–water partition coefficient (Wildman–Crippen LogP) is 19.2. The maximum absolute atomic E-state index is 11.6. The summed E-state index contributed by atoms with van der Waals surface area (Å²) in [5.74, 6) is 24.1. The minimum absolute atomic E-state index is 0.00141. The number of nitrogens with two attached hydrogens (primary N) is 3. The van der Waals surface area contributed by atoms with Crippen molar-refractivity contribution in [2.45, 2.75) is 396 Å². The molecule has 0 aromatic rings. The Morgan fingerprint density at radius 3 is 1.16 bits per heavy atom. The monoisotopic (exact) mass is 1690 g/mol. The molecule has 658 valence electrons. The zero-order valence-electron chi connectivity index (χ0n) is 74.4. The average Bonchev–Trinajstić information content (AvgIpc) is 1.42. The molecule has 0 aliphatic heterocycles. The van der Waals surface area contributed by atoms with Gasteiger partial charge in [-0.25, -0.2) is 0 Å². The number of rotatable bonds is 13. The molecule has 11 nitrogen and oxygen atoms in total. The summed E-state index contributed by atoms with van der Waals surface area (Å²) < 4.78 is 0. The van der Waals surface area contributed by atoms with E-state index in [0.717, 1.165) is 207 Å². The van der Waals surface area contributed by atoms with Crippen LogP contribution in [0.2, 0.25) is 0 Å². The first kappa shape index (κ1) is 79.7. The van der Waals surface area contributed by atoms with Gasteiger partial charge in [0.05, 0.1) is 42.5 Å². The number of primary amides is 1. The summed E-state index contributed by atoms with van der Waals surface area (Å²) in [4.78, 5) is 12.0. The SMILES string of the molecule is CC(C)(O)C12CC3CC4CC(C1)C4(C3)C2.CC(N)C12CC3CC4CC(C1)C4(C3)C2.CC(O)C(O)C12CC3CC4CC(C1)C4(C3)C2.CCC(O)C12CC3CC4CC(C1)C4(C3)C2.NC(=O)C12CC3CC4CC(C1)C4(C3)C2.NC(CO)C12CC3CC4CC(C1)C4(C3)C2.OCC(Br)C12CC3CC4CC(C1)C4(C3)C2.OCCC12CC3CC4CC(C1)C4(C3)C2. The van der Waals surface area contributed by atoms with Crippen molar-refractivity contribution >= 4 is 21.8 Å². The Morgan fingerprint density at radius 1 is 0.373 bits per heavy atom. The Morgan fingerprint density at radius 2 is 0.712 bits per heavy atom. The van der Waals surface area contributed by atoms with E-state index in [0.29, 0.717) is 67.4 Å². The molecule has 12 heteroatoms. The van der Waals surface area contributed by atoms with Crippen LogP contribution in [0.5, 0.6) is 0 Å². The first-order valence-corrected chi connectivity index (χ1v) is 53.1. The van der Waals surface area contributed by atoms with Crippen LogP contribution < -0.4 is 17.2 Å². The molecule has 0 heterocycles. The van der Waals surface area contributed by atoms with Gasteiger partial charge in [0.25, 0.3) is 0 Å². The summed E-state index contributed by atoms with van der Waals surface area (Å²) in [6.45, 7) is 11.3. The number of hydrogen-bond acceptors (Lipinski definition) is 10. The van der Waals surface area contributed by atoms with Crippen molar-refractivity contribution in [2.75, 3.05) is 19.8 Å². The average molecular weight is 1690 g/mol. The molecule has 0 aromatic heterocycles. The van der Waals surface area contributed by atoms with E-state index in [-0.39, 0.29) is 35.5 Å². The second kappa shape index (κ2) is 25.4. The summed E-state index contributed by atoms with van der Waals surface area (Å²) in [6.07, 6.45) is 69.3. The van der Waals surface area contributed by atoms with E-state index in [4.69, 9.17) is 17.2 Å². The van der Waals surface area contributed by atoms with Crippen LogP contribution in [0.4, 0.5) is 0 Å². The lowest BCUT2D eigenvalue weighted by Crippen LogP contribution is -2.46. The Kier molecular flexibility index (Phi) is 17.2. The van der Waals surface area contributed by atoms with Crippen molar-refractivity contribution in [3.63, 3.8) is 0 Å². The highest BCUT2D eigenvalue weighted by atomic mass is 79.9. The van der Waals surface area contributed by atoms with E-state index in [9.17, 15) is 40.5 Å². The molecule has 46 atom stereocenters. The third-order valence-electron chi connectivity index (χ3n) is 51.5. The van der Waals surface area contributed by atoms with Gasteiger partial charge in [0.1, 0.15) is 0 Å². The third kappa shape index (κ3) is 10.2. The molecule has 118 heavy (non-hydrogen) atoms. The number of halogens is 1. The molecular weight excluding hydrogens is 1520 g/mol. The maximum atomic E-state index is 11.6. The molecule has 8 spiro atoms. The van der Waals surface area contributed by atoms with E-state index in [1.807, 2.05) is 0 Å². The molecule has 32 aliphatic carbocycles. The van der Waals surface area contributed by atoms with Gasteiger partial charge in [-0.1, -0.05) is 22.9 Å². The second-order valence-electron chi connectivity index (χ2n) is 55.6. The van der Waals surface area contributed by atoms with Crippen LogP contribution in [0.15, 0.2) is 0 Å². The lowest BCUT2D eigenvalue weighted by atomic mass is 9.55. The molecule has 32 aliphatic rings. The van der Waals surface area contributed by atoms with E-state index in [2.05, 4.69) is 43.6 Å². The van der Waals surface area contributed by atoms with E-state index in [1.165, 1.54) is 250 Å². The Labute approximate surface area is 720 Å². The van der Waals surface area contributed by atoms with Gasteiger partial charge in [0, 0.05) is 23.5 Å². The second-order valence-corrected chi connectivity index (χ2v) is 56.7. The fourth-order valence-electron chi connectivity index (χ4n) is 48.3. The zero-order chi connectivity index (χ0) is 80.9. The van der Waals surface area contributed by atoms with Crippen molar-refractivity contribution in [1.82, 2.24) is 0 Å².